The third kappa shape index (κ3) is 8.85. The van der Waals surface area contributed by atoms with E-state index in [0.29, 0.717) is 18.5 Å². The largest absolute Gasteiger partial charge is 0.375 e. The fraction of sp³-hybridized carbons (Fsp3) is 0.517. The van der Waals surface area contributed by atoms with Crippen molar-refractivity contribution in [1.82, 2.24) is 20.0 Å². The second kappa shape index (κ2) is 16.7. The predicted octanol–water partition coefficient (Wildman–Crippen LogP) is 7.38. The molecule has 0 radical (unpaired) electrons. The second-order valence-corrected chi connectivity index (χ2v) is 7.68. The van der Waals surface area contributed by atoms with Gasteiger partial charge in [0.05, 0.1) is 17.4 Å². The summed E-state index contributed by atoms with van der Waals surface area (Å²) < 4.78 is 1.98. The minimum atomic E-state index is -0.205. The molecule has 2 aromatic rings. The van der Waals surface area contributed by atoms with E-state index in [0.717, 1.165) is 47.0 Å². The van der Waals surface area contributed by atoms with E-state index >= 15 is 0 Å². The van der Waals surface area contributed by atoms with Gasteiger partial charge in [-0.3, -0.25) is 4.68 Å². The van der Waals surface area contributed by atoms with Gasteiger partial charge in [0.1, 0.15) is 6.29 Å². The van der Waals surface area contributed by atoms with E-state index in [1.165, 1.54) is 0 Å². The Morgan fingerprint density at radius 2 is 1.79 bits per heavy atom. The highest BCUT2D eigenvalue weighted by Crippen LogP contribution is 2.31. The SMILES string of the molecule is C=C(/C=C\CC(C=O)N(C(=C)NC)C1CC1)c1ccc2nn(C(C)C)cc2c1.CC.CC.CC. The monoisotopic (exact) mass is 468 g/mol. The number of hydrogen-bond donors (Lipinski definition) is 1. The maximum absolute atomic E-state index is 11.7. The van der Waals surface area contributed by atoms with Gasteiger partial charge in [-0.1, -0.05) is 72.9 Å². The van der Waals surface area contributed by atoms with E-state index < -0.39 is 0 Å². The lowest BCUT2D eigenvalue weighted by Crippen LogP contribution is -2.40. The lowest BCUT2D eigenvalue weighted by Gasteiger charge is -2.31. The van der Waals surface area contributed by atoms with Crippen LogP contribution >= 0.6 is 0 Å². The molecule has 190 valence electrons. The number of allylic oxidation sites excluding steroid dienone is 2. The highest BCUT2D eigenvalue weighted by molar-refractivity contribution is 5.84. The Bertz CT molecular complexity index is 906. The Labute approximate surface area is 208 Å². The second-order valence-electron chi connectivity index (χ2n) is 7.68. The van der Waals surface area contributed by atoms with Crippen LogP contribution < -0.4 is 5.32 Å². The third-order valence-electron chi connectivity index (χ3n) is 5.17. The molecule has 0 bridgehead atoms. The first-order chi connectivity index (χ1) is 16.4. The van der Waals surface area contributed by atoms with E-state index in [1.807, 2.05) is 77.6 Å². The Kier molecular flexibility index (Phi) is 15.4. The minimum Gasteiger partial charge on any atom is -0.375 e. The number of aldehydes is 1. The fourth-order valence-electron chi connectivity index (χ4n) is 3.36. The van der Waals surface area contributed by atoms with E-state index in [2.05, 4.69) is 54.6 Å². The van der Waals surface area contributed by atoms with Gasteiger partial charge in [-0.2, -0.15) is 5.10 Å². The molecule has 1 aromatic carbocycles. The zero-order valence-electron chi connectivity index (χ0n) is 23.1. The van der Waals surface area contributed by atoms with Crippen molar-refractivity contribution in [2.45, 2.75) is 92.8 Å². The van der Waals surface area contributed by atoms with Crippen LogP contribution in [0.1, 0.15) is 86.3 Å². The number of nitrogens with zero attached hydrogens (tertiary/aromatic N) is 3. The Hall–Kier alpha value is -2.82. The van der Waals surface area contributed by atoms with Crippen molar-refractivity contribution in [2.24, 2.45) is 0 Å². The average Bonchev–Trinajstić information content (AvgIpc) is 3.62. The molecule has 1 N–H and O–H groups in total. The van der Waals surface area contributed by atoms with Gasteiger partial charge in [-0.15, -0.1) is 0 Å². The van der Waals surface area contributed by atoms with Crippen molar-refractivity contribution in [3.63, 3.8) is 0 Å². The van der Waals surface area contributed by atoms with E-state index in [4.69, 9.17) is 0 Å². The number of hydrogen-bond acceptors (Lipinski definition) is 4. The van der Waals surface area contributed by atoms with Crippen molar-refractivity contribution >= 4 is 22.8 Å². The molecule has 1 aliphatic rings. The molecule has 1 saturated carbocycles. The Morgan fingerprint density at radius 3 is 2.29 bits per heavy atom. The van der Waals surface area contributed by atoms with Gasteiger partial charge < -0.3 is 15.0 Å². The zero-order chi connectivity index (χ0) is 26.3. The van der Waals surface area contributed by atoms with Crippen LogP contribution in [-0.4, -0.2) is 40.1 Å². The number of rotatable bonds is 10. The summed E-state index contributed by atoms with van der Waals surface area (Å²) in [7, 11) is 1.84. The van der Waals surface area contributed by atoms with Gasteiger partial charge in [0.2, 0.25) is 0 Å². The third-order valence-corrected chi connectivity index (χ3v) is 5.17. The van der Waals surface area contributed by atoms with E-state index in [-0.39, 0.29) is 6.04 Å². The van der Waals surface area contributed by atoms with Crippen molar-refractivity contribution in [1.29, 1.82) is 0 Å². The molecule has 34 heavy (non-hydrogen) atoms. The number of fused-ring (bicyclic) bond motifs is 1. The molecule has 1 heterocycles. The van der Waals surface area contributed by atoms with Crippen LogP contribution in [-0.2, 0) is 4.79 Å². The summed E-state index contributed by atoms with van der Waals surface area (Å²) in [6.45, 7) is 24.5. The lowest BCUT2D eigenvalue weighted by molar-refractivity contribution is -0.112. The van der Waals surface area contributed by atoms with Crippen LogP contribution in [0.5, 0.6) is 0 Å². The molecular weight excluding hydrogens is 420 g/mol. The normalized spacial score (nSPS) is 13.0. The minimum absolute atomic E-state index is 0.205. The molecule has 5 nitrogen and oxygen atoms in total. The molecule has 1 fully saturated rings. The van der Waals surface area contributed by atoms with Crippen molar-refractivity contribution in [3.8, 4) is 0 Å². The van der Waals surface area contributed by atoms with Crippen LogP contribution in [0.3, 0.4) is 0 Å². The van der Waals surface area contributed by atoms with Gasteiger partial charge >= 0.3 is 0 Å². The average molecular weight is 469 g/mol. The van der Waals surface area contributed by atoms with E-state index in [1.54, 1.807) is 0 Å². The van der Waals surface area contributed by atoms with Crippen molar-refractivity contribution in [2.75, 3.05) is 7.05 Å². The van der Waals surface area contributed by atoms with E-state index in [9.17, 15) is 4.79 Å². The molecule has 1 atom stereocenters. The number of carbonyl (C=O) groups excluding carboxylic acids is 1. The van der Waals surface area contributed by atoms with Crippen LogP contribution in [0.2, 0.25) is 0 Å². The molecule has 0 amide bonds. The predicted molar refractivity (Wildman–Crippen MR) is 150 cm³/mol. The van der Waals surface area contributed by atoms with Crippen molar-refractivity contribution < 1.29 is 4.79 Å². The molecule has 0 saturated heterocycles. The molecule has 1 aliphatic carbocycles. The smallest absolute Gasteiger partial charge is 0.142 e. The van der Waals surface area contributed by atoms with Gasteiger partial charge in [-0.05, 0) is 56.4 Å². The number of benzene rings is 1. The van der Waals surface area contributed by atoms with Gasteiger partial charge in [0.15, 0.2) is 0 Å². The maximum atomic E-state index is 11.7. The summed E-state index contributed by atoms with van der Waals surface area (Å²) >= 11 is 0. The van der Waals surface area contributed by atoms with Gasteiger partial charge in [0, 0.05) is 30.7 Å². The van der Waals surface area contributed by atoms with Crippen LogP contribution in [0.25, 0.3) is 16.5 Å². The standard InChI is InChI=1S/C23H30N4O.3C2H6/c1-16(2)26-14-20-13-19(9-12-23(20)25-26)17(3)7-6-8-22(15-28)27(18(4)24-5)21-10-11-21;3*1-2/h6-7,9,12-16,21-22,24H,3-4,8,10-11H2,1-2,5H3;3*1-2H3/b7-6-;;;. The molecule has 1 unspecified atom stereocenters. The number of nitrogens with one attached hydrogen (secondary N) is 1. The summed E-state index contributed by atoms with van der Waals surface area (Å²) in [5.74, 6) is 0.805. The highest BCUT2D eigenvalue weighted by Gasteiger charge is 2.34. The first kappa shape index (κ1) is 31.2. The highest BCUT2D eigenvalue weighted by atomic mass is 16.1. The number of carbonyl (C=O) groups is 1. The lowest BCUT2D eigenvalue weighted by atomic mass is 10.0. The molecule has 0 aliphatic heterocycles. The topological polar surface area (TPSA) is 50.2 Å². The molecule has 5 heteroatoms. The molecule has 3 rings (SSSR count). The fourth-order valence-corrected chi connectivity index (χ4v) is 3.36. The summed E-state index contributed by atoms with van der Waals surface area (Å²) in [5, 5.41) is 8.77. The van der Waals surface area contributed by atoms with Crippen LogP contribution in [0.4, 0.5) is 0 Å². The van der Waals surface area contributed by atoms with Crippen LogP contribution in [0, 0.1) is 0 Å². The molecule has 1 aromatic heterocycles. The van der Waals surface area contributed by atoms with Crippen molar-refractivity contribution in [3.05, 3.63) is 61.1 Å². The Balaban J connectivity index is 0.00000168. The summed E-state index contributed by atoms with van der Waals surface area (Å²) in [6, 6.07) is 6.74. The van der Waals surface area contributed by atoms with Gasteiger partial charge in [-0.25, -0.2) is 0 Å². The maximum Gasteiger partial charge on any atom is 0.142 e. The summed E-state index contributed by atoms with van der Waals surface area (Å²) in [6.07, 6.45) is 9.98. The summed E-state index contributed by atoms with van der Waals surface area (Å²) in [4.78, 5) is 13.8. The molecule has 0 spiro atoms. The zero-order valence-corrected chi connectivity index (χ0v) is 23.1. The first-order valence-electron chi connectivity index (χ1n) is 12.9. The summed E-state index contributed by atoms with van der Waals surface area (Å²) in [5.41, 5.74) is 2.98. The van der Waals surface area contributed by atoms with Crippen LogP contribution in [0.15, 0.2) is 55.5 Å². The Morgan fingerprint density at radius 1 is 1.18 bits per heavy atom. The molecular formula is C29H48N4O. The number of aromatic nitrogens is 2. The first-order valence-corrected chi connectivity index (χ1v) is 12.9. The quantitative estimate of drug-likeness (QED) is 0.292. The van der Waals surface area contributed by atoms with Gasteiger partial charge in [0.25, 0.3) is 0 Å².